The number of carbonyl (C=O) groups excluding carboxylic acids is 3. The highest BCUT2D eigenvalue weighted by atomic mass is 19.1. The van der Waals surface area contributed by atoms with Crippen LogP contribution in [0.25, 0.3) is 0 Å². The zero-order valence-electron chi connectivity index (χ0n) is 13.1. The summed E-state index contributed by atoms with van der Waals surface area (Å²) in [4.78, 5) is 36.9. The molecule has 130 valence electrons. The minimum Gasteiger partial charge on any atom is -0.357 e. The minimum atomic E-state index is -0.921. The first kappa shape index (κ1) is 17.6. The fourth-order valence-corrected chi connectivity index (χ4v) is 2.52. The van der Waals surface area contributed by atoms with Crippen LogP contribution < -0.4 is 16.0 Å². The lowest BCUT2D eigenvalue weighted by Crippen LogP contribution is -2.48. The molecule has 2 rings (SSSR count). The van der Waals surface area contributed by atoms with E-state index in [-0.39, 0.29) is 18.1 Å². The summed E-state index contributed by atoms with van der Waals surface area (Å²) in [6.07, 6.45) is 1.27. The number of benzene rings is 1. The predicted octanol–water partition coefficient (Wildman–Crippen LogP) is 0.823. The molecule has 0 saturated carbocycles. The Morgan fingerprint density at radius 1 is 1.29 bits per heavy atom. The molecular weight excluding hydrogens is 322 g/mol. The van der Waals surface area contributed by atoms with Crippen LogP contribution in [0, 0.1) is 11.6 Å². The third-order valence-corrected chi connectivity index (χ3v) is 3.70. The number of urea groups is 1. The van der Waals surface area contributed by atoms with Crippen LogP contribution in [-0.4, -0.2) is 48.9 Å². The topological polar surface area (TPSA) is 90.5 Å². The van der Waals surface area contributed by atoms with Gasteiger partial charge in [-0.05, 0) is 25.0 Å². The molecule has 0 bridgehead atoms. The number of halogens is 2. The molecule has 1 heterocycles. The summed E-state index contributed by atoms with van der Waals surface area (Å²) < 4.78 is 26.2. The van der Waals surface area contributed by atoms with Gasteiger partial charge in [0.2, 0.25) is 11.8 Å². The van der Waals surface area contributed by atoms with Crippen LogP contribution in [0.3, 0.4) is 0 Å². The van der Waals surface area contributed by atoms with Crippen LogP contribution >= 0.6 is 0 Å². The number of likely N-dealkylation sites (N-methyl/N-ethyl adjacent to an activating group) is 1. The van der Waals surface area contributed by atoms with Gasteiger partial charge in [-0.25, -0.2) is 13.6 Å². The van der Waals surface area contributed by atoms with Crippen molar-refractivity contribution in [2.24, 2.45) is 0 Å². The molecule has 7 nitrogen and oxygen atoms in total. The fourth-order valence-electron chi connectivity index (χ4n) is 2.52. The number of carbonyl (C=O) groups is 3. The molecule has 0 radical (unpaired) electrons. The monoisotopic (exact) mass is 340 g/mol. The molecular formula is C15H18F2N4O3. The maximum atomic E-state index is 13.4. The lowest BCUT2D eigenvalue weighted by Gasteiger charge is -2.23. The molecule has 9 heteroatoms. The van der Waals surface area contributed by atoms with Crippen molar-refractivity contribution in [2.75, 3.05) is 25.5 Å². The van der Waals surface area contributed by atoms with Crippen molar-refractivity contribution >= 4 is 23.5 Å². The van der Waals surface area contributed by atoms with E-state index in [1.54, 1.807) is 0 Å². The van der Waals surface area contributed by atoms with Gasteiger partial charge in [-0.3, -0.25) is 9.59 Å². The highest BCUT2D eigenvalue weighted by molar-refractivity contribution is 5.94. The largest absolute Gasteiger partial charge is 0.357 e. The molecule has 1 aromatic carbocycles. The third-order valence-electron chi connectivity index (χ3n) is 3.70. The van der Waals surface area contributed by atoms with Crippen LogP contribution in [-0.2, 0) is 9.59 Å². The van der Waals surface area contributed by atoms with E-state index in [1.165, 1.54) is 11.9 Å². The number of hydrogen-bond donors (Lipinski definition) is 3. The van der Waals surface area contributed by atoms with Gasteiger partial charge in [-0.15, -0.1) is 0 Å². The Labute approximate surface area is 137 Å². The molecule has 1 fully saturated rings. The molecule has 1 aliphatic heterocycles. The molecule has 0 aliphatic carbocycles. The van der Waals surface area contributed by atoms with Crippen LogP contribution in [0.2, 0.25) is 0 Å². The minimum absolute atomic E-state index is 0.203. The number of likely N-dealkylation sites (tertiary alicyclic amines) is 1. The number of rotatable bonds is 4. The van der Waals surface area contributed by atoms with E-state index in [9.17, 15) is 23.2 Å². The summed E-state index contributed by atoms with van der Waals surface area (Å²) in [6, 6.07) is 1.38. The van der Waals surface area contributed by atoms with E-state index >= 15 is 0 Å². The summed E-state index contributed by atoms with van der Waals surface area (Å²) in [5, 5.41) is 6.98. The molecule has 24 heavy (non-hydrogen) atoms. The zero-order valence-corrected chi connectivity index (χ0v) is 13.1. The van der Waals surface area contributed by atoms with Gasteiger partial charge in [0, 0.05) is 19.7 Å². The standard InChI is InChI=1S/C15H18F2N4O3/c1-18-14(23)12-3-2-6-21(12)13(22)8-19-15(24)20-11-5-4-9(16)7-10(11)17/h4-5,7,12H,2-3,6,8H2,1H3,(H,18,23)(H2,19,20,24). The Balaban J connectivity index is 1.87. The van der Waals surface area contributed by atoms with Gasteiger partial charge in [0.1, 0.15) is 17.7 Å². The SMILES string of the molecule is CNC(=O)C1CCCN1C(=O)CNC(=O)Nc1ccc(F)cc1F. The van der Waals surface area contributed by atoms with Gasteiger partial charge >= 0.3 is 6.03 Å². The van der Waals surface area contributed by atoms with Gasteiger partial charge in [0.05, 0.1) is 12.2 Å². The lowest BCUT2D eigenvalue weighted by atomic mass is 10.2. The highest BCUT2D eigenvalue weighted by Gasteiger charge is 2.33. The molecule has 1 atom stereocenters. The average molecular weight is 340 g/mol. The van der Waals surface area contributed by atoms with E-state index in [0.717, 1.165) is 12.1 Å². The van der Waals surface area contributed by atoms with Gasteiger partial charge in [0.25, 0.3) is 0 Å². The first-order valence-electron chi connectivity index (χ1n) is 7.43. The maximum absolute atomic E-state index is 13.4. The van der Waals surface area contributed by atoms with Gasteiger partial charge in [-0.1, -0.05) is 0 Å². The smallest absolute Gasteiger partial charge is 0.319 e. The number of amides is 4. The number of nitrogens with one attached hydrogen (secondary N) is 3. The molecule has 1 saturated heterocycles. The van der Waals surface area contributed by atoms with Crippen LogP contribution in [0.5, 0.6) is 0 Å². The highest BCUT2D eigenvalue weighted by Crippen LogP contribution is 2.17. The molecule has 4 amide bonds. The van der Waals surface area contributed by atoms with E-state index in [0.29, 0.717) is 25.5 Å². The summed E-state index contributed by atoms with van der Waals surface area (Å²) in [7, 11) is 1.49. The predicted molar refractivity (Wildman–Crippen MR) is 82.2 cm³/mol. The molecule has 1 unspecified atom stereocenters. The van der Waals surface area contributed by atoms with Gasteiger partial charge in [-0.2, -0.15) is 0 Å². The molecule has 0 aromatic heterocycles. The number of anilines is 1. The van der Waals surface area contributed by atoms with E-state index < -0.39 is 29.6 Å². The second kappa shape index (κ2) is 7.71. The van der Waals surface area contributed by atoms with Crippen molar-refractivity contribution in [2.45, 2.75) is 18.9 Å². The second-order valence-electron chi connectivity index (χ2n) is 5.29. The van der Waals surface area contributed by atoms with Crippen molar-refractivity contribution in [1.82, 2.24) is 15.5 Å². The maximum Gasteiger partial charge on any atom is 0.319 e. The summed E-state index contributed by atoms with van der Waals surface area (Å²) >= 11 is 0. The fraction of sp³-hybridized carbons (Fsp3) is 0.400. The van der Waals surface area contributed by atoms with Gasteiger partial charge < -0.3 is 20.9 Å². The average Bonchev–Trinajstić information content (AvgIpc) is 3.04. The van der Waals surface area contributed by atoms with Gasteiger partial charge in [0.15, 0.2) is 0 Å². The quantitative estimate of drug-likeness (QED) is 0.758. The Hall–Kier alpha value is -2.71. The van der Waals surface area contributed by atoms with Crippen LogP contribution in [0.15, 0.2) is 18.2 Å². The van der Waals surface area contributed by atoms with Crippen molar-refractivity contribution in [3.8, 4) is 0 Å². The first-order valence-corrected chi connectivity index (χ1v) is 7.43. The van der Waals surface area contributed by atoms with Crippen molar-refractivity contribution in [1.29, 1.82) is 0 Å². The Kier molecular flexibility index (Phi) is 5.67. The van der Waals surface area contributed by atoms with Crippen molar-refractivity contribution in [3.63, 3.8) is 0 Å². The summed E-state index contributed by atoms with van der Waals surface area (Å²) in [5.41, 5.74) is -0.203. The molecule has 1 aromatic rings. The molecule has 3 N–H and O–H groups in total. The van der Waals surface area contributed by atoms with Crippen molar-refractivity contribution < 1.29 is 23.2 Å². The Bertz CT molecular complexity index is 654. The Morgan fingerprint density at radius 2 is 2.04 bits per heavy atom. The Morgan fingerprint density at radius 3 is 2.71 bits per heavy atom. The normalized spacial score (nSPS) is 16.6. The zero-order chi connectivity index (χ0) is 17.7. The summed E-state index contributed by atoms with van der Waals surface area (Å²) in [6.45, 7) is 0.106. The summed E-state index contributed by atoms with van der Waals surface area (Å²) in [5.74, 6) is -2.34. The molecule has 0 spiro atoms. The van der Waals surface area contributed by atoms with Crippen molar-refractivity contribution in [3.05, 3.63) is 29.8 Å². The second-order valence-corrected chi connectivity index (χ2v) is 5.29. The van der Waals surface area contributed by atoms with E-state index in [2.05, 4.69) is 16.0 Å². The molecule has 1 aliphatic rings. The van der Waals surface area contributed by atoms with Crippen LogP contribution in [0.1, 0.15) is 12.8 Å². The first-order chi connectivity index (χ1) is 11.4. The van der Waals surface area contributed by atoms with E-state index in [1.807, 2.05) is 0 Å². The van der Waals surface area contributed by atoms with Crippen LogP contribution in [0.4, 0.5) is 19.3 Å². The lowest BCUT2D eigenvalue weighted by molar-refractivity contribution is -0.137. The third kappa shape index (κ3) is 4.18. The number of nitrogens with zero attached hydrogens (tertiary/aromatic N) is 1. The van der Waals surface area contributed by atoms with E-state index in [4.69, 9.17) is 0 Å². The number of hydrogen-bond acceptors (Lipinski definition) is 3.